The van der Waals surface area contributed by atoms with Gasteiger partial charge in [-0.2, -0.15) is 4.31 Å². The number of benzene rings is 1. The summed E-state index contributed by atoms with van der Waals surface area (Å²) in [4.78, 5) is 13.9. The highest BCUT2D eigenvalue weighted by molar-refractivity contribution is 7.89. The molecule has 0 saturated heterocycles. The maximum Gasteiger partial charge on any atom is 0.305 e. The van der Waals surface area contributed by atoms with Crippen molar-refractivity contribution in [2.75, 3.05) is 13.1 Å². The summed E-state index contributed by atoms with van der Waals surface area (Å²) < 4.78 is 26.6. The second-order valence-electron chi connectivity index (χ2n) is 3.76. The van der Waals surface area contributed by atoms with E-state index in [1.807, 2.05) is 0 Å². The first-order valence-electron chi connectivity index (χ1n) is 5.62. The van der Waals surface area contributed by atoms with Crippen molar-refractivity contribution in [2.45, 2.75) is 18.7 Å². The second kappa shape index (κ2) is 4.83. The molecule has 0 atom stereocenters. The third kappa shape index (κ3) is 2.21. The lowest BCUT2D eigenvalue weighted by Crippen LogP contribution is -2.30. The molecule has 0 fully saturated rings. The maximum atomic E-state index is 12.3. The zero-order chi connectivity index (χ0) is 13.3. The van der Waals surface area contributed by atoms with Crippen LogP contribution in [0.2, 0.25) is 0 Å². The van der Waals surface area contributed by atoms with Crippen molar-refractivity contribution in [1.29, 1.82) is 0 Å². The minimum atomic E-state index is -3.46. The highest BCUT2D eigenvalue weighted by atomic mass is 32.2. The van der Waals surface area contributed by atoms with Crippen LogP contribution in [0.4, 0.5) is 0 Å². The molecular weight excluding hydrogens is 272 g/mol. The summed E-state index contributed by atoms with van der Waals surface area (Å²) in [5.41, 5.74) is 0.670. The smallest absolute Gasteiger partial charge is 0.305 e. The molecule has 0 unspecified atom stereocenters. The third-order valence-corrected chi connectivity index (χ3v) is 5.63. The van der Waals surface area contributed by atoms with Crippen molar-refractivity contribution in [1.82, 2.24) is 9.29 Å². The number of fused-ring (bicyclic) bond motifs is 1. The van der Waals surface area contributed by atoms with Crippen LogP contribution < -0.4 is 4.87 Å². The lowest BCUT2D eigenvalue weighted by atomic mass is 10.3. The van der Waals surface area contributed by atoms with E-state index in [2.05, 4.69) is 4.98 Å². The van der Waals surface area contributed by atoms with Crippen LogP contribution in [0.5, 0.6) is 0 Å². The van der Waals surface area contributed by atoms with Crippen LogP contribution in [0.25, 0.3) is 10.2 Å². The van der Waals surface area contributed by atoms with Gasteiger partial charge in [-0.1, -0.05) is 25.2 Å². The van der Waals surface area contributed by atoms with Gasteiger partial charge in [0.15, 0.2) is 0 Å². The topological polar surface area (TPSA) is 70.2 Å². The van der Waals surface area contributed by atoms with Crippen molar-refractivity contribution in [3.05, 3.63) is 27.9 Å². The van der Waals surface area contributed by atoms with Crippen LogP contribution in [0.15, 0.2) is 27.9 Å². The predicted octanol–water partition coefficient (Wildman–Crippen LogP) is 1.62. The molecule has 1 heterocycles. The Bertz CT molecular complexity index is 711. The first-order valence-corrected chi connectivity index (χ1v) is 7.87. The molecule has 0 spiro atoms. The molecule has 2 rings (SSSR count). The molecule has 5 nitrogen and oxygen atoms in total. The first kappa shape index (κ1) is 13.3. The molecule has 98 valence electrons. The van der Waals surface area contributed by atoms with Crippen molar-refractivity contribution in [3.63, 3.8) is 0 Å². The molecule has 0 aliphatic carbocycles. The number of aromatic amines is 1. The van der Waals surface area contributed by atoms with Crippen molar-refractivity contribution < 1.29 is 8.42 Å². The summed E-state index contributed by atoms with van der Waals surface area (Å²) in [6, 6.07) is 4.70. The molecule has 1 N–H and O–H groups in total. The molecule has 7 heteroatoms. The van der Waals surface area contributed by atoms with Crippen LogP contribution in [0, 0.1) is 0 Å². The van der Waals surface area contributed by atoms with Crippen LogP contribution in [-0.4, -0.2) is 30.8 Å². The van der Waals surface area contributed by atoms with Crippen LogP contribution in [-0.2, 0) is 10.0 Å². The molecule has 1 aromatic heterocycles. The number of rotatable bonds is 4. The summed E-state index contributed by atoms with van der Waals surface area (Å²) in [5, 5.41) is 0. The largest absolute Gasteiger partial charge is 0.312 e. The zero-order valence-electron chi connectivity index (χ0n) is 10.1. The van der Waals surface area contributed by atoms with Crippen LogP contribution in [0.3, 0.4) is 0 Å². The number of thiazole rings is 1. The molecule has 2 aromatic rings. The van der Waals surface area contributed by atoms with E-state index in [-0.39, 0.29) is 9.77 Å². The Morgan fingerprint density at radius 2 is 1.94 bits per heavy atom. The molecule has 18 heavy (non-hydrogen) atoms. The summed E-state index contributed by atoms with van der Waals surface area (Å²) in [6.07, 6.45) is 0. The van der Waals surface area contributed by atoms with Gasteiger partial charge in [-0.05, 0) is 18.2 Å². The number of nitrogens with one attached hydrogen (secondary N) is 1. The summed E-state index contributed by atoms with van der Waals surface area (Å²) in [5.74, 6) is 0. The van der Waals surface area contributed by atoms with Gasteiger partial charge in [-0.15, -0.1) is 0 Å². The molecule has 0 saturated carbocycles. The average Bonchev–Trinajstić information content (AvgIpc) is 2.69. The fraction of sp³-hybridized carbons (Fsp3) is 0.364. The molecule has 0 bridgehead atoms. The van der Waals surface area contributed by atoms with Gasteiger partial charge >= 0.3 is 4.87 Å². The van der Waals surface area contributed by atoms with Crippen molar-refractivity contribution in [3.8, 4) is 0 Å². The molecule has 1 aromatic carbocycles. The highest BCUT2D eigenvalue weighted by Gasteiger charge is 2.21. The Morgan fingerprint density at radius 3 is 2.56 bits per heavy atom. The number of nitrogens with zero attached hydrogens (tertiary/aromatic N) is 1. The Kier molecular flexibility index (Phi) is 3.56. The normalized spacial score (nSPS) is 12.4. The van der Waals surface area contributed by atoms with Crippen molar-refractivity contribution in [2.24, 2.45) is 0 Å². The average molecular weight is 286 g/mol. The number of H-pyrrole nitrogens is 1. The lowest BCUT2D eigenvalue weighted by Gasteiger charge is -2.18. The minimum Gasteiger partial charge on any atom is -0.312 e. The minimum absolute atomic E-state index is 0.178. The fourth-order valence-corrected chi connectivity index (χ4v) is 4.13. The van der Waals surface area contributed by atoms with Gasteiger partial charge in [-0.25, -0.2) is 8.42 Å². The van der Waals surface area contributed by atoms with Crippen LogP contribution >= 0.6 is 11.3 Å². The van der Waals surface area contributed by atoms with E-state index in [1.165, 1.54) is 10.4 Å². The summed E-state index contributed by atoms with van der Waals surface area (Å²) >= 11 is 1.02. The van der Waals surface area contributed by atoms with E-state index in [0.717, 1.165) is 11.3 Å². The molecule has 0 radical (unpaired) electrons. The Labute approximate surface area is 109 Å². The zero-order valence-corrected chi connectivity index (χ0v) is 11.8. The quantitative estimate of drug-likeness (QED) is 0.928. The van der Waals surface area contributed by atoms with Gasteiger partial charge in [0, 0.05) is 13.1 Å². The van der Waals surface area contributed by atoms with Crippen molar-refractivity contribution >= 4 is 31.6 Å². The second-order valence-corrected chi connectivity index (χ2v) is 6.71. The van der Waals surface area contributed by atoms with E-state index >= 15 is 0 Å². The number of hydrogen-bond donors (Lipinski definition) is 1. The SMILES string of the molecule is CCN(CC)S(=O)(=O)c1ccc2[nH]c(=O)sc2c1. The van der Waals surface area contributed by atoms with Gasteiger partial charge in [0.1, 0.15) is 0 Å². The molecule has 0 amide bonds. The Morgan fingerprint density at radius 1 is 1.28 bits per heavy atom. The maximum absolute atomic E-state index is 12.3. The molecular formula is C11H14N2O3S2. The van der Waals surface area contributed by atoms with Gasteiger partial charge in [0.2, 0.25) is 10.0 Å². The third-order valence-electron chi connectivity index (χ3n) is 2.74. The monoisotopic (exact) mass is 286 g/mol. The Hall–Kier alpha value is -1.18. The summed E-state index contributed by atoms with van der Waals surface area (Å²) in [6.45, 7) is 4.46. The van der Waals surface area contributed by atoms with E-state index in [0.29, 0.717) is 23.3 Å². The Balaban J connectivity index is 2.57. The van der Waals surface area contributed by atoms with Crippen LogP contribution in [0.1, 0.15) is 13.8 Å². The van der Waals surface area contributed by atoms with Gasteiger partial charge in [-0.3, -0.25) is 4.79 Å². The standard InChI is InChI=1S/C11H14N2O3S2/c1-3-13(4-2)18(15,16)8-5-6-9-10(7-8)17-11(14)12-9/h5-7H,3-4H2,1-2H3,(H,12,14). The van der Waals surface area contributed by atoms with Gasteiger partial charge in [0.05, 0.1) is 15.1 Å². The summed E-state index contributed by atoms with van der Waals surface area (Å²) in [7, 11) is -3.46. The van der Waals surface area contributed by atoms with E-state index in [4.69, 9.17) is 0 Å². The molecule has 0 aliphatic heterocycles. The van der Waals surface area contributed by atoms with Gasteiger partial charge in [0.25, 0.3) is 0 Å². The number of sulfonamides is 1. The van der Waals surface area contributed by atoms with E-state index < -0.39 is 10.0 Å². The van der Waals surface area contributed by atoms with Gasteiger partial charge < -0.3 is 4.98 Å². The number of aromatic nitrogens is 1. The first-order chi connectivity index (χ1) is 8.48. The van der Waals surface area contributed by atoms with E-state index in [9.17, 15) is 13.2 Å². The predicted molar refractivity (Wildman–Crippen MR) is 72.6 cm³/mol. The lowest BCUT2D eigenvalue weighted by molar-refractivity contribution is 0.445. The van der Waals surface area contributed by atoms with E-state index in [1.54, 1.807) is 26.0 Å². The molecule has 0 aliphatic rings. The highest BCUT2D eigenvalue weighted by Crippen LogP contribution is 2.22. The number of hydrogen-bond acceptors (Lipinski definition) is 4. The fourth-order valence-electron chi connectivity index (χ4n) is 1.80.